The van der Waals surface area contributed by atoms with Crippen LogP contribution in [0.4, 0.5) is 0 Å². The van der Waals surface area contributed by atoms with Gasteiger partial charge in [0.05, 0.1) is 13.2 Å². The summed E-state index contributed by atoms with van der Waals surface area (Å²) in [5, 5.41) is 9.26. The first-order chi connectivity index (χ1) is 12.2. The smallest absolute Gasteiger partial charge is 0.226 e. The van der Waals surface area contributed by atoms with Crippen LogP contribution >= 0.6 is 0 Å². The number of oxazole rings is 1. The van der Waals surface area contributed by atoms with Gasteiger partial charge < -0.3 is 19.0 Å². The standard InChI is InChI=1S/C20H21NO4/c1-3-23-19-11-15(12-22)9-10-18(19)24-13-17-14(2)25-20(21-17)16-7-5-4-6-8-16/h4-11,22H,3,12-13H2,1-2H3. The molecule has 3 rings (SSSR count). The molecule has 3 aromatic rings. The highest BCUT2D eigenvalue weighted by atomic mass is 16.5. The molecule has 0 aliphatic heterocycles. The summed E-state index contributed by atoms with van der Waals surface area (Å²) in [5.74, 6) is 2.53. The number of aliphatic hydroxyl groups is 1. The third-order valence-corrected chi connectivity index (χ3v) is 3.77. The third kappa shape index (κ3) is 4.00. The Balaban J connectivity index is 1.77. The molecule has 0 radical (unpaired) electrons. The third-order valence-electron chi connectivity index (χ3n) is 3.77. The van der Waals surface area contributed by atoms with Crippen molar-refractivity contribution >= 4 is 0 Å². The van der Waals surface area contributed by atoms with E-state index in [4.69, 9.17) is 13.9 Å². The molecule has 5 nitrogen and oxygen atoms in total. The molecule has 1 heterocycles. The van der Waals surface area contributed by atoms with Gasteiger partial charge >= 0.3 is 0 Å². The molecule has 5 heteroatoms. The molecule has 2 aromatic carbocycles. The van der Waals surface area contributed by atoms with Crippen LogP contribution in [0.3, 0.4) is 0 Å². The Kier molecular flexibility index (Phi) is 5.36. The van der Waals surface area contributed by atoms with E-state index < -0.39 is 0 Å². The Hall–Kier alpha value is -2.79. The van der Waals surface area contributed by atoms with E-state index in [1.54, 1.807) is 12.1 Å². The number of hydrogen-bond acceptors (Lipinski definition) is 5. The van der Waals surface area contributed by atoms with Crippen molar-refractivity contribution in [3.05, 3.63) is 65.5 Å². The first-order valence-electron chi connectivity index (χ1n) is 8.22. The molecule has 0 aliphatic carbocycles. The number of aliphatic hydroxyl groups excluding tert-OH is 1. The minimum absolute atomic E-state index is 0.0385. The molecule has 0 unspecified atom stereocenters. The predicted octanol–water partition coefficient (Wildman–Crippen LogP) is 4.12. The van der Waals surface area contributed by atoms with Crippen LogP contribution in [-0.4, -0.2) is 16.7 Å². The zero-order valence-corrected chi connectivity index (χ0v) is 14.4. The van der Waals surface area contributed by atoms with Crippen molar-refractivity contribution < 1.29 is 19.0 Å². The number of aromatic nitrogens is 1. The molecule has 0 bridgehead atoms. The molecular weight excluding hydrogens is 318 g/mol. The second kappa shape index (κ2) is 7.85. The predicted molar refractivity (Wildman–Crippen MR) is 94.5 cm³/mol. The molecule has 1 aromatic heterocycles. The van der Waals surface area contributed by atoms with Crippen molar-refractivity contribution in [1.29, 1.82) is 0 Å². The summed E-state index contributed by atoms with van der Waals surface area (Å²) in [6, 6.07) is 15.1. The van der Waals surface area contributed by atoms with Crippen LogP contribution in [0.5, 0.6) is 11.5 Å². The van der Waals surface area contributed by atoms with Crippen molar-refractivity contribution in [1.82, 2.24) is 4.98 Å². The average molecular weight is 339 g/mol. The second-order valence-electron chi connectivity index (χ2n) is 5.55. The van der Waals surface area contributed by atoms with Crippen LogP contribution in [0, 0.1) is 6.92 Å². The van der Waals surface area contributed by atoms with E-state index in [1.807, 2.05) is 50.2 Å². The van der Waals surface area contributed by atoms with Gasteiger partial charge in [0, 0.05) is 5.56 Å². The van der Waals surface area contributed by atoms with Crippen LogP contribution in [0.2, 0.25) is 0 Å². The maximum absolute atomic E-state index is 9.26. The number of nitrogens with zero attached hydrogens (tertiary/aromatic N) is 1. The molecule has 0 saturated heterocycles. The van der Waals surface area contributed by atoms with Gasteiger partial charge in [-0.3, -0.25) is 0 Å². The molecule has 0 saturated carbocycles. The van der Waals surface area contributed by atoms with Crippen molar-refractivity contribution in [2.24, 2.45) is 0 Å². The maximum Gasteiger partial charge on any atom is 0.226 e. The number of benzene rings is 2. The van der Waals surface area contributed by atoms with Gasteiger partial charge in [-0.05, 0) is 43.7 Å². The van der Waals surface area contributed by atoms with Crippen molar-refractivity contribution in [3.63, 3.8) is 0 Å². The molecule has 0 aliphatic rings. The van der Waals surface area contributed by atoms with Crippen molar-refractivity contribution in [3.8, 4) is 23.0 Å². The second-order valence-corrected chi connectivity index (χ2v) is 5.55. The Labute approximate surface area is 146 Å². The highest BCUT2D eigenvalue weighted by Gasteiger charge is 2.13. The quantitative estimate of drug-likeness (QED) is 0.701. The summed E-state index contributed by atoms with van der Waals surface area (Å²) < 4.78 is 17.2. The first kappa shape index (κ1) is 17.0. The molecule has 0 atom stereocenters. The lowest BCUT2D eigenvalue weighted by molar-refractivity contribution is 0.261. The van der Waals surface area contributed by atoms with Crippen LogP contribution < -0.4 is 9.47 Å². The lowest BCUT2D eigenvalue weighted by Gasteiger charge is -2.12. The Morgan fingerprint density at radius 1 is 1.04 bits per heavy atom. The average Bonchev–Trinajstić information content (AvgIpc) is 3.02. The Bertz CT molecular complexity index is 827. The van der Waals surface area contributed by atoms with E-state index in [1.165, 1.54) is 0 Å². The normalized spacial score (nSPS) is 10.7. The largest absolute Gasteiger partial charge is 0.490 e. The molecule has 0 fully saturated rings. The number of ether oxygens (including phenoxy) is 2. The van der Waals surface area contributed by atoms with E-state index in [9.17, 15) is 5.11 Å². The monoisotopic (exact) mass is 339 g/mol. The fourth-order valence-corrected chi connectivity index (χ4v) is 2.45. The van der Waals surface area contributed by atoms with E-state index in [2.05, 4.69) is 4.98 Å². The zero-order chi connectivity index (χ0) is 17.6. The Morgan fingerprint density at radius 3 is 2.56 bits per heavy atom. The van der Waals surface area contributed by atoms with Crippen LogP contribution in [0.25, 0.3) is 11.5 Å². The summed E-state index contributed by atoms with van der Waals surface area (Å²) >= 11 is 0. The van der Waals surface area contributed by atoms with Crippen molar-refractivity contribution in [2.75, 3.05) is 6.61 Å². The molecule has 0 spiro atoms. The molecule has 1 N–H and O–H groups in total. The summed E-state index contributed by atoms with van der Waals surface area (Å²) in [4.78, 5) is 4.53. The van der Waals surface area contributed by atoms with Crippen LogP contribution in [-0.2, 0) is 13.2 Å². The number of hydrogen-bond donors (Lipinski definition) is 1. The highest BCUT2D eigenvalue weighted by Crippen LogP contribution is 2.30. The molecule has 25 heavy (non-hydrogen) atoms. The van der Waals surface area contributed by atoms with Crippen molar-refractivity contribution in [2.45, 2.75) is 27.1 Å². The fraction of sp³-hybridized carbons (Fsp3) is 0.250. The molecule has 0 amide bonds. The van der Waals surface area contributed by atoms with Gasteiger partial charge in [-0.2, -0.15) is 0 Å². The minimum Gasteiger partial charge on any atom is -0.490 e. The molecular formula is C20H21NO4. The van der Waals surface area contributed by atoms with E-state index in [0.717, 1.165) is 22.6 Å². The lowest BCUT2D eigenvalue weighted by Crippen LogP contribution is -2.01. The van der Waals surface area contributed by atoms with Gasteiger partial charge in [-0.15, -0.1) is 0 Å². The summed E-state index contributed by atoms with van der Waals surface area (Å²) in [5.41, 5.74) is 2.45. The number of rotatable bonds is 7. The summed E-state index contributed by atoms with van der Waals surface area (Å²) in [6.45, 7) is 4.54. The topological polar surface area (TPSA) is 64.7 Å². The van der Waals surface area contributed by atoms with Crippen LogP contribution in [0.15, 0.2) is 52.9 Å². The zero-order valence-electron chi connectivity index (χ0n) is 14.4. The highest BCUT2D eigenvalue weighted by molar-refractivity contribution is 5.53. The SMILES string of the molecule is CCOc1cc(CO)ccc1OCc1nc(-c2ccccc2)oc1C. The maximum atomic E-state index is 9.26. The summed E-state index contributed by atoms with van der Waals surface area (Å²) in [6.07, 6.45) is 0. The van der Waals surface area contributed by atoms with Gasteiger partial charge in [-0.25, -0.2) is 4.98 Å². The fourth-order valence-electron chi connectivity index (χ4n) is 2.45. The molecule has 130 valence electrons. The van der Waals surface area contributed by atoms with Gasteiger partial charge in [0.25, 0.3) is 0 Å². The van der Waals surface area contributed by atoms with E-state index >= 15 is 0 Å². The first-order valence-corrected chi connectivity index (χ1v) is 8.22. The van der Waals surface area contributed by atoms with Crippen LogP contribution in [0.1, 0.15) is 23.9 Å². The van der Waals surface area contributed by atoms with Gasteiger partial charge in [0.15, 0.2) is 11.5 Å². The minimum atomic E-state index is -0.0385. The van der Waals surface area contributed by atoms with Gasteiger partial charge in [0.2, 0.25) is 5.89 Å². The number of aryl methyl sites for hydroxylation is 1. The lowest BCUT2D eigenvalue weighted by atomic mass is 10.2. The summed E-state index contributed by atoms with van der Waals surface area (Å²) in [7, 11) is 0. The van der Waals surface area contributed by atoms with Gasteiger partial charge in [-0.1, -0.05) is 24.3 Å². The van der Waals surface area contributed by atoms with E-state index in [0.29, 0.717) is 24.0 Å². The van der Waals surface area contributed by atoms with Gasteiger partial charge in [0.1, 0.15) is 18.1 Å². The Morgan fingerprint density at radius 2 is 1.84 bits per heavy atom. The van der Waals surface area contributed by atoms with E-state index in [-0.39, 0.29) is 13.2 Å².